The quantitative estimate of drug-likeness (QED) is 0.657. The zero-order valence-electron chi connectivity index (χ0n) is 12.0. The summed E-state index contributed by atoms with van der Waals surface area (Å²) in [6, 6.07) is 13.9. The van der Waals surface area contributed by atoms with Crippen LogP contribution >= 0.6 is 0 Å². The van der Waals surface area contributed by atoms with Crippen LogP contribution in [0.2, 0.25) is 0 Å². The van der Waals surface area contributed by atoms with E-state index in [0.717, 1.165) is 0 Å². The molecule has 0 saturated carbocycles. The van der Waals surface area contributed by atoms with E-state index in [2.05, 4.69) is 4.99 Å². The molecule has 0 heterocycles. The number of carboxylic acid groups (broad SMARTS) is 1. The molecule has 0 amide bonds. The second-order valence-electron chi connectivity index (χ2n) is 4.89. The van der Waals surface area contributed by atoms with Crippen molar-refractivity contribution in [1.29, 1.82) is 0 Å². The SMILES string of the molecule is O=C(O)[C@H](Cc1ccccc1)/N=C(/c1ccccc1)C(F)(F)F.[KH]. The van der Waals surface area contributed by atoms with E-state index in [9.17, 15) is 23.1 Å². The van der Waals surface area contributed by atoms with Crippen molar-refractivity contribution in [3.8, 4) is 0 Å². The molecule has 0 saturated heterocycles. The number of benzene rings is 2. The molecule has 2 aromatic carbocycles. The molecule has 0 unspecified atom stereocenters. The van der Waals surface area contributed by atoms with Crippen LogP contribution in [0.3, 0.4) is 0 Å². The molecule has 0 aromatic heterocycles. The standard InChI is InChI=1S/C17H14F3NO2.K.H/c18-17(19,20)15(13-9-5-2-6-10-13)21-14(16(22)23)11-12-7-3-1-4-8-12;;/h1-10,14H,11H2,(H,22,23);;/b21-15-;;/t14-;;/m0../s1. The molecule has 7 heteroatoms. The Labute approximate surface area is 180 Å². The average Bonchev–Trinajstić information content (AvgIpc) is 2.51. The normalized spacial score (nSPS) is 13.0. The minimum atomic E-state index is -4.73. The number of aliphatic imine (C=N–C) groups is 1. The number of carboxylic acids is 1. The summed E-state index contributed by atoms with van der Waals surface area (Å²) in [6.45, 7) is 0. The van der Waals surface area contributed by atoms with Gasteiger partial charge in [0, 0.05) is 12.0 Å². The molecule has 0 fully saturated rings. The van der Waals surface area contributed by atoms with E-state index < -0.39 is 23.9 Å². The number of alkyl halides is 3. The van der Waals surface area contributed by atoms with Crippen LogP contribution in [0.1, 0.15) is 11.1 Å². The summed E-state index contributed by atoms with van der Waals surface area (Å²) >= 11 is 0. The first kappa shape index (κ1) is 21.0. The first-order valence-electron chi connectivity index (χ1n) is 6.85. The molecular formula is C17H15F3KNO2. The number of aliphatic carboxylic acids is 1. The summed E-state index contributed by atoms with van der Waals surface area (Å²) in [6.07, 6.45) is -4.84. The number of halogens is 3. The zero-order valence-corrected chi connectivity index (χ0v) is 12.0. The topological polar surface area (TPSA) is 49.7 Å². The summed E-state index contributed by atoms with van der Waals surface area (Å²) < 4.78 is 39.7. The molecule has 24 heavy (non-hydrogen) atoms. The molecule has 2 aromatic rings. The van der Waals surface area contributed by atoms with Gasteiger partial charge in [-0.25, -0.2) is 4.79 Å². The van der Waals surface area contributed by atoms with Gasteiger partial charge in [0.25, 0.3) is 0 Å². The number of carbonyl (C=O) groups is 1. The van der Waals surface area contributed by atoms with E-state index in [1.807, 2.05) is 0 Å². The van der Waals surface area contributed by atoms with Crippen LogP contribution in [0.25, 0.3) is 0 Å². The van der Waals surface area contributed by atoms with Crippen molar-refractivity contribution in [3.63, 3.8) is 0 Å². The maximum atomic E-state index is 13.2. The van der Waals surface area contributed by atoms with Gasteiger partial charge in [-0.05, 0) is 5.56 Å². The van der Waals surface area contributed by atoms with Crippen molar-refractivity contribution in [2.75, 3.05) is 0 Å². The predicted molar refractivity (Wildman–Crippen MR) is 87.8 cm³/mol. The number of hydrogen-bond acceptors (Lipinski definition) is 2. The van der Waals surface area contributed by atoms with E-state index >= 15 is 0 Å². The number of nitrogens with zero attached hydrogens (tertiary/aromatic N) is 1. The Balaban J connectivity index is 0.00000288. The van der Waals surface area contributed by atoms with E-state index in [1.165, 1.54) is 24.3 Å². The molecule has 0 bridgehead atoms. The molecule has 0 aliphatic carbocycles. The van der Waals surface area contributed by atoms with Gasteiger partial charge in [0.2, 0.25) is 0 Å². The fraction of sp³-hybridized carbons (Fsp3) is 0.176. The number of hydrogen-bond donors (Lipinski definition) is 1. The Kier molecular flexibility index (Phi) is 8.31. The molecular weight excluding hydrogens is 346 g/mol. The molecule has 1 N–H and O–H groups in total. The van der Waals surface area contributed by atoms with Crippen molar-refractivity contribution in [2.45, 2.75) is 18.6 Å². The third-order valence-electron chi connectivity index (χ3n) is 3.16. The molecule has 0 aliphatic heterocycles. The second kappa shape index (κ2) is 9.48. The first-order valence-corrected chi connectivity index (χ1v) is 6.85. The third-order valence-corrected chi connectivity index (χ3v) is 3.16. The zero-order chi connectivity index (χ0) is 16.9. The number of rotatable bonds is 5. The van der Waals surface area contributed by atoms with Gasteiger partial charge in [0.1, 0.15) is 5.71 Å². The van der Waals surface area contributed by atoms with Gasteiger partial charge in [-0.1, -0.05) is 60.7 Å². The molecule has 0 spiro atoms. The van der Waals surface area contributed by atoms with Crippen molar-refractivity contribution < 1.29 is 23.1 Å². The van der Waals surface area contributed by atoms with Crippen LogP contribution in [-0.2, 0) is 11.2 Å². The van der Waals surface area contributed by atoms with Gasteiger partial charge in [-0.2, -0.15) is 13.2 Å². The predicted octanol–water partition coefficient (Wildman–Crippen LogP) is 3.09. The van der Waals surface area contributed by atoms with Crippen LogP contribution in [0.4, 0.5) is 13.2 Å². The van der Waals surface area contributed by atoms with Crippen LogP contribution in [-0.4, -0.2) is 80.4 Å². The van der Waals surface area contributed by atoms with Crippen molar-refractivity contribution in [3.05, 3.63) is 71.8 Å². The Morgan fingerprint density at radius 3 is 1.96 bits per heavy atom. The molecule has 1 atom stereocenters. The fourth-order valence-corrected chi connectivity index (χ4v) is 2.09. The summed E-state index contributed by atoms with van der Waals surface area (Å²) in [5, 5.41) is 9.22. The van der Waals surface area contributed by atoms with E-state index in [4.69, 9.17) is 0 Å². The summed E-state index contributed by atoms with van der Waals surface area (Å²) in [7, 11) is 0. The maximum absolute atomic E-state index is 13.2. The minimum absolute atomic E-state index is 0. The van der Waals surface area contributed by atoms with E-state index in [0.29, 0.717) is 5.56 Å². The van der Waals surface area contributed by atoms with Crippen molar-refractivity contribution in [1.82, 2.24) is 0 Å². The van der Waals surface area contributed by atoms with Gasteiger partial charge < -0.3 is 5.11 Å². The second-order valence-corrected chi connectivity index (χ2v) is 4.89. The molecule has 3 nitrogen and oxygen atoms in total. The monoisotopic (exact) mass is 361 g/mol. The van der Waals surface area contributed by atoms with E-state index in [-0.39, 0.29) is 63.4 Å². The van der Waals surface area contributed by atoms with E-state index in [1.54, 1.807) is 36.4 Å². The van der Waals surface area contributed by atoms with Gasteiger partial charge in [0.05, 0.1) is 0 Å². The Bertz CT molecular complexity index is 688. The molecule has 2 rings (SSSR count). The Morgan fingerprint density at radius 2 is 1.50 bits per heavy atom. The van der Waals surface area contributed by atoms with Crippen LogP contribution in [0, 0.1) is 0 Å². The van der Waals surface area contributed by atoms with Crippen molar-refractivity contribution >= 4 is 63.1 Å². The average molecular weight is 361 g/mol. The summed E-state index contributed by atoms with van der Waals surface area (Å²) in [5.74, 6) is -1.40. The molecule has 0 aliphatic rings. The molecule has 0 radical (unpaired) electrons. The van der Waals surface area contributed by atoms with Crippen LogP contribution in [0.5, 0.6) is 0 Å². The van der Waals surface area contributed by atoms with Gasteiger partial charge in [-0.15, -0.1) is 0 Å². The van der Waals surface area contributed by atoms with Crippen LogP contribution < -0.4 is 0 Å². The van der Waals surface area contributed by atoms with Crippen molar-refractivity contribution in [2.24, 2.45) is 4.99 Å². The van der Waals surface area contributed by atoms with Gasteiger partial charge in [0.15, 0.2) is 6.04 Å². The van der Waals surface area contributed by atoms with Gasteiger partial charge in [-0.3, -0.25) is 4.99 Å². The summed E-state index contributed by atoms with van der Waals surface area (Å²) in [5.41, 5.74) is -0.723. The fourth-order valence-electron chi connectivity index (χ4n) is 2.09. The van der Waals surface area contributed by atoms with Gasteiger partial charge >= 0.3 is 63.5 Å². The summed E-state index contributed by atoms with van der Waals surface area (Å²) in [4.78, 5) is 14.8. The molecule has 122 valence electrons. The first-order chi connectivity index (χ1) is 10.9. The Morgan fingerprint density at radius 1 is 1.00 bits per heavy atom. The Hall–Kier alpha value is -0.994. The third kappa shape index (κ3) is 6.14. The van der Waals surface area contributed by atoms with Crippen LogP contribution in [0.15, 0.2) is 65.7 Å².